The van der Waals surface area contributed by atoms with Crippen molar-refractivity contribution in [3.63, 3.8) is 0 Å². The van der Waals surface area contributed by atoms with Crippen molar-refractivity contribution in [3.8, 4) is 0 Å². The average molecular weight is 265 g/mol. The van der Waals surface area contributed by atoms with Gasteiger partial charge < -0.3 is 9.84 Å². The Kier molecular flexibility index (Phi) is 7.01. The smallest absolute Gasteiger partial charge is 0.322 e. The molecule has 0 spiro atoms. The molecular formula is C10H19NO5S. The van der Waals surface area contributed by atoms with Crippen molar-refractivity contribution >= 4 is 16.0 Å². The molecule has 0 saturated carbocycles. The molecule has 7 heteroatoms. The summed E-state index contributed by atoms with van der Waals surface area (Å²) in [5.74, 6) is -1.48. The van der Waals surface area contributed by atoms with Gasteiger partial charge in [-0.25, -0.2) is 13.1 Å². The highest BCUT2D eigenvalue weighted by Crippen LogP contribution is 1.98. The normalized spacial score (nSPS) is 13.6. The third-order valence-corrected chi connectivity index (χ3v) is 3.17. The van der Waals surface area contributed by atoms with Crippen molar-refractivity contribution in [2.75, 3.05) is 12.4 Å². The lowest BCUT2D eigenvalue weighted by Gasteiger charge is -2.13. The number of ether oxygens (including phenoxy) is 1. The predicted octanol–water partition coefficient (Wildman–Crippen LogP) is 0.360. The van der Waals surface area contributed by atoms with Crippen LogP contribution >= 0.6 is 0 Å². The van der Waals surface area contributed by atoms with Gasteiger partial charge in [0.15, 0.2) is 0 Å². The Hall–Kier alpha value is -0.920. The van der Waals surface area contributed by atoms with Crippen molar-refractivity contribution in [1.29, 1.82) is 0 Å². The van der Waals surface area contributed by atoms with Crippen LogP contribution in [-0.4, -0.2) is 44.0 Å². The number of sulfonamides is 1. The molecule has 0 fully saturated rings. The second-order valence-electron chi connectivity index (χ2n) is 3.77. The van der Waals surface area contributed by atoms with E-state index in [4.69, 9.17) is 9.84 Å². The van der Waals surface area contributed by atoms with Crippen LogP contribution in [0.5, 0.6) is 0 Å². The fraction of sp³-hybridized carbons (Fsp3) is 0.700. The monoisotopic (exact) mass is 265 g/mol. The molecule has 0 saturated heterocycles. The second-order valence-corrected chi connectivity index (χ2v) is 5.64. The molecule has 0 amide bonds. The molecule has 0 aliphatic heterocycles. The van der Waals surface area contributed by atoms with Gasteiger partial charge in [-0.05, 0) is 20.3 Å². The minimum Gasteiger partial charge on any atom is -0.480 e. The summed E-state index contributed by atoms with van der Waals surface area (Å²) in [6, 6.07) is -1.17. The lowest BCUT2D eigenvalue weighted by Crippen LogP contribution is -2.42. The summed E-state index contributed by atoms with van der Waals surface area (Å²) in [4.78, 5) is 10.7. The van der Waals surface area contributed by atoms with Gasteiger partial charge in [0, 0.05) is 0 Å². The molecule has 100 valence electrons. The maximum absolute atomic E-state index is 11.5. The molecule has 0 heterocycles. The standard InChI is InChI=1S/C10H19NO5S/c1-4-5-9(10(12)13)11-17(14,15)7-6-16-8(2)3/h4,8-9,11H,1,5-7H2,2-3H3,(H,12,13). The van der Waals surface area contributed by atoms with Crippen molar-refractivity contribution < 1.29 is 23.1 Å². The Labute approximate surface area is 102 Å². The topological polar surface area (TPSA) is 92.7 Å². The summed E-state index contributed by atoms with van der Waals surface area (Å²) in [6.45, 7) is 6.99. The van der Waals surface area contributed by atoms with Gasteiger partial charge in [0.25, 0.3) is 0 Å². The number of rotatable bonds is 9. The SMILES string of the molecule is C=CCC(NS(=O)(=O)CCOC(C)C)C(=O)O. The van der Waals surface area contributed by atoms with Crippen LogP contribution in [0.25, 0.3) is 0 Å². The Balaban J connectivity index is 4.30. The second kappa shape index (κ2) is 7.41. The highest BCUT2D eigenvalue weighted by molar-refractivity contribution is 7.89. The minimum atomic E-state index is -3.65. The number of nitrogens with one attached hydrogen (secondary N) is 1. The van der Waals surface area contributed by atoms with Gasteiger partial charge in [0.05, 0.1) is 18.5 Å². The van der Waals surface area contributed by atoms with Gasteiger partial charge >= 0.3 is 5.97 Å². The zero-order valence-electron chi connectivity index (χ0n) is 10.0. The lowest BCUT2D eigenvalue weighted by molar-refractivity contribution is -0.138. The van der Waals surface area contributed by atoms with Gasteiger partial charge in [0.2, 0.25) is 10.0 Å². The Morgan fingerprint density at radius 3 is 2.53 bits per heavy atom. The van der Waals surface area contributed by atoms with E-state index in [1.165, 1.54) is 6.08 Å². The van der Waals surface area contributed by atoms with Gasteiger partial charge in [0.1, 0.15) is 6.04 Å². The zero-order chi connectivity index (χ0) is 13.5. The van der Waals surface area contributed by atoms with Crippen LogP contribution in [0.4, 0.5) is 0 Å². The van der Waals surface area contributed by atoms with Crippen molar-refractivity contribution in [2.24, 2.45) is 0 Å². The largest absolute Gasteiger partial charge is 0.480 e. The molecule has 0 bridgehead atoms. The first-order chi connectivity index (χ1) is 7.78. The van der Waals surface area contributed by atoms with Crippen molar-refractivity contribution in [2.45, 2.75) is 32.4 Å². The maximum Gasteiger partial charge on any atom is 0.322 e. The van der Waals surface area contributed by atoms with Gasteiger partial charge in [-0.3, -0.25) is 4.79 Å². The van der Waals surface area contributed by atoms with Crippen LogP contribution in [0, 0.1) is 0 Å². The molecule has 6 nitrogen and oxygen atoms in total. The average Bonchev–Trinajstić information content (AvgIpc) is 2.15. The maximum atomic E-state index is 11.5. The molecule has 0 radical (unpaired) electrons. The number of carboxylic acid groups (broad SMARTS) is 1. The van der Waals surface area contributed by atoms with E-state index in [1.54, 1.807) is 13.8 Å². The molecule has 0 aliphatic rings. The number of aliphatic carboxylic acids is 1. The summed E-state index contributed by atoms with van der Waals surface area (Å²) >= 11 is 0. The highest BCUT2D eigenvalue weighted by Gasteiger charge is 2.22. The summed E-state index contributed by atoms with van der Waals surface area (Å²) in [5.41, 5.74) is 0. The first-order valence-electron chi connectivity index (χ1n) is 5.24. The third-order valence-electron chi connectivity index (χ3n) is 1.83. The molecule has 0 aromatic heterocycles. The van der Waals surface area contributed by atoms with Gasteiger partial charge in [-0.2, -0.15) is 0 Å². The molecular weight excluding hydrogens is 246 g/mol. The Morgan fingerprint density at radius 2 is 2.12 bits per heavy atom. The van der Waals surface area contributed by atoms with E-state index in [1.807, 2.05) is 0 Å². The minimum absolute atomic E-state index is 0.0351. The zero-order valence-corrected chi connectivity index (χ0v) is 10.9. The summed E-state index contributed by atoms with van der Waals surface area (Å²) in [6.07, 6.45) is 1.33. The summed E-state index contributed by atoms with van der Waals surface area (Å²) in [7, 11) is -3.65. The van der Waals surface area contributed by atoms with E-state index in [0.29, 0.717) is 0 Å². The quantitative estimate of drug-likeness (QED) is 0.587. The molecule has 1 unspecified atom stereocenters. The fourth-order valence-corrected chi connectivity index (χ4v) is 2.10. The number of hydrogen-bond acceptors (Lipinski definition) is 4. The number of carboxylic acids is 1. The predicted molar refractivity (Wildman–Crippen MR) is 64.2 cm³/mol. The molecule has 17 heavy (non-hydrogen) atoms. The van der Waals surface area contributed by atoms with E-state index < -0.39 is 22.0 Å². The summed E-state index contributed by atoms with van der Waals surface area (Å²) < 4.78 is 30.2. The fourth-order valence-electron chi connectivity index (χ4n) is 1.04. The summed E-state index contributed by atoms with van der Waals surface area (Å²) in [5, 5.41) is 8.78. The Morgan fingerprint density at radius 1 is 1.53 bits per heavy atom. The van der Waals surface area contributed by atoms with Crippen LogP contribution in [0.1, 0.15) is 20.3 Å². The van der Waals surface area contributed by atoms with Crippen molar-refractivity contribution in [3.05, 3.63) is 12.7 Å². The van der Waals surface area contributed by atoms with Crippen LogP contribution in [-0.2, 0) is 19.6 Å². The van der Waals surface area contributed by atoms with Crippen LogP contribution in [0.15, 0.2) is 12.7 Å². The van der Waals surface area contributed by atoms with Crippen LogP contribution < -0.4 is 4.72 Å². The lowest BCUT2D eigenvalue weighted by atomic mass is 10.2. The molecule has 0 aromatic carbocycles. The molecule has 1 atom stereocenters. The molecule has 0 aromatic rings. The van der Waals surface area contributed by atoms with E-state index >= 15 is 0 Å². The molecule has 0 rings (SSSR count). The van der Waals surface area contributed by atoms with E-state index in [9.17, 15) is 13.2 Å². The third kappa shape index (κ3) is 7.89. The molecule has 2 N–H and O–H groups in total. The Bertz CT molecular complexity index is 350. The first-order valence-corrected chi connectivity index (χ1v) is 6.89. The van der Waals surface area contributed by atoms with E-state index in [2.05, 4.69) is 11.3 Å². The van der Waals surface area contributed by atoms with Crippen molar-refractivity contribution in [1.82, 2.24) is 4.72 Å². The highest BCUT2D eigenvalue weighted by atomic mass is 32.2. The number of hydrogen-bond donors (Lipinski definition) is 2. The van der Waals surface area contributed by atoms with Gasteiger partial charge in [-0.1, -0.05) is 6.08 Å². The number of carbonyl (C=O) groups is 1. The van der Waals surface area contributed by atoms with E-state index in [0.717, 1.165) is 0 Å². The van der Waals surface area contributed by atoms with Crippen LogP contribution in [0.3, 0.4) is 0 Å². The van der Waals surface area contributed by atoms with Crippen LogP contribution in [0.2, 0.25) is 0 Å². The van der Waals surface area contributed by atoms with E-state index in [-0.39, 0.29) is 24.9 Å². The van der Waals surface area contributed by atoms with Gasteiger partial charge in [-0.15, -0.1) is 6.58 Å². The first kappa shape index (κ1) is 16.1. The molecule has 0 aliphatic carbocycles.